The van der Waals surface area contributed by atoms with Crippen molar-refractivity contribution in [2.24, 2.45) is 5.73 Å². The van der Waals surface area contributed by atoms with Gasteiger partial charge in [-0.05, 0) is 47.0 Å². The summed E-state index contributed by atoms with van der Waals surface area (Å²) in [5, 5.41) is 6.25. The fraction of sp³-hybridized carbons (Fsp3) is 0.923. The number of amides is 1. The van der Waals surface area contributed by atoms with E-state index in [1.165, 1.54) is 0 Å². The fourth-order valence-electron chi connectivity index (χ4n) is 2.18. The van der Waals surface area contributed by atoms with Crippen molar-refractivity contribution >= 4 is 6.09 Å². The van der Waals surface area contributed by atoms with E-state index in [0.717, 1.165) is 19.3 Å². The van der Waals surface area contributed by atoms with Crippen LogP contribution >= 0.6 is 0 Å². The van der Waals surface area contributed by atoms with Gasteiger partial charge in [-0.25, -0.2) is 4.79 Å². The molecule has 3 atom stereocenters. The Bertz CT molecular complexity index is 276. The molecule has 5 heteroatoms. The first-order valence-corrected chi connectivity index (χ1v) is 6.75. The number of rotatable bonds is 4. The molecule has 1 fully saturated rings. The van der Waals surface area contributed by atoms with Gasteiger partial charge in [0.25, 0.3) is 0 Å². The van der Waals surface area contributed by atoms with Crippen molar-refractivity contribution in [3.63, 3.8) is 0 Å². The molecule has 1 amide bonds. The molecule has 106 valence electrons. The fourth-order valence-corrected chi connectivity index (χ4v) is 2.18. The van der Waals surface area contributed by atoms with Gasteiger partial charge in [0.2, 0.25) is 0 Å². The van der Waals surface area contributed by atoms with Crippen LogP contribution in [0.1, 0.15) is 47.0 Å². The lowest BCUT2D eigenvalue weighted by Gasteiger charge is -2.22. The zero-order valence-corrected chi connectivity index (χ0v) is 12.0. The van der Waals surface area contributed by atoms with Gasteiger partial charge < -0.3 is 21.1 Å². The van der Waals surface area contributed by atoms with Crippen molar-refractivity contribution in [1.29, 1.82) is 0 Å². The molecule has 1 rings (SSSR count). The minimum Gasteiger partial charge on any atom is -0.444 e. The zero-order valence-electron chi connectivity index (χ0n) is 12.0. The monoisotopic (exact) mass is 257 g/mol. The Kier molecular flexibility index (Phi) is 5.41. The Morgan fingerprint density at radius 1 is 1.44 bits per heavy atom. The average molecular weight is 257 g/mol. The van der Waals surface area contributed by atoms with Crippen LogP contribution in [0, 0.1) is 0 Å². The van der Waals surface area contributed by atoms with Crippen LogP contribution in [0.25, 0.3) is 0 Å². The van der Waals surface area contributed by atoms with E-state index in [1.807, 2.05) is 20.8 Å². The standard InChI is InChI=1S/C13H27N3O2/c1-9(16-11-6-5-10(14)7-11)8-15-12(17)18-13(2,3)4/h9-11,16H,5-8,14H2,1-4H3,(H,15,17). The van der Waals surface area contributed by atoms with Crippen LogP contribution in [-0.2, 0) is 4.74 Å². The maximum Gasteiger partial charge on any atom is 0.407 e. The maximum absolute atomic E-state index is 11.5. The third kappa shape index (κ3) is 6.21. The van der Waals surface area contributed by atoms with Gasteiger partial charge >= 0.3 is 6.09 Å². The summed E-state index contributed by atoms with van der Waals surface area (Å²) in [5.41, 5.74) is 5.42. The number of ether oxygens (including phenoxy) is 1. The summed E-state index contributed by atoms with van der Waals surface area (Å²) in [6, 6.07) is 1.04. The molecule has 1 saturated carbocycles. The van der Waals surface area contributed by atoms with Gasteiger partial charge in [-0.15, -0.1) is 0 Å². The van der Waals surface area contributed by atoms with Gasteiger partial charge in [0.1, 0.15) is 5.60 Å². The summed E-state index contributed by atoms with van der Waals surface area (Å²) in [6.07, 6.45) is 2.87. The number of hydrogen-bond acceptors (Lipinski definition) is 4. The minimum absolute atomic E-state index is 0.229. The molecule has 0 aromatic heterocycles. The van der Waals surface area contributed by atoms with Crippen LogP contribution in [0.15, 0.2) is 0 Å². The van der Waals surface area contributed by atoms with E-state index in [2.05, 4.69) is 17.6 Å². The lowest BCUT2D eigenvalue weighted by Crippen LogP contribution is -2.44. The van der Waals surface area contributed by atoms with Crippen LogP contribution in [0.3, 0.4) is 0 Å². The quantitative estimate of drug-likeness (QED) is 0.711. The Balaban J connectivity index is 2.17. The van der Waals surface area contributed by atoms with Gasteiger partial charge in [-0.2, -0.15) is 0 Å². The third-order valence-corrected chi connectivity index (χ3v) is 2.94. The van der Waals surface area contributed by atoms with E-state index in [4.69, 9.17) is 10.5 Å². The Morgan fingerprint density at radius 3 is 2.61 bits per heavy atom. The van der Waals surface area contributed by atoms with Crippen molar-refractivity contribution < 1.29 is 9.53 Å². The lowest BCUT2D eigenvalue weighted by molar-refractivity contribution is 0.0522. The summed E-state index contributed by atoms with van der Waals surface area (Å²) in [5.74, 6) is 0. The highest BCUT2D eigenvalue weighted by Gasteiger charge is 2.23. The molecule has 0 bridgehead atoms. The molecule has 4 N–H and O–H groups in total. The molecule has 5 nitrogen and oxygen atoms in total. The second-order valence-electron chi connectivity index (χ2n) is 6.22. The van der Waals surface area contributed by atoms with E-state index in [-0.39, 0.29) is 12.1 Å². The van der Waals surface area contributed by atoms with E-state index in [0.29, 0.717) is 18.6 Å². The van der Waals surface area contributed by atoms with Gasteiger partial charge in [0.15, 0.2) is 0 Å². The summed E-state index contributed by atoms with van der Waals surface area (Å²) in [6.45, 7) is 8.19. The summed E-state index contributed by atoms with van der Waals surface area (Å²) in [7, 11) is 0. The van der Waals surface area contributed by atoms with Crippen molar-refractivity contribution in [2.75, 3.05) is 6.54 Å². The largest absolute Gasteiger partial charge is 0.444 e. The van der Waals surface area contributed by atoms with Gasteiger partial charge in [-0.3, -0.25) is 0 Å². The Morgan fingerprint density at radius 2 is 2.11 bits per heavy atom. The number of nitrogens with two attached hydrogens (primary N) is 1. The molecule has 1 aliphatic rings. The molecule has 0 aromatic rings. The predicted molar refractivity (Wildman–Crippen MR) is 72.4 cm³/mol. The van der Waals surface area contributed by atoms with Crippen LogP contribution in [0.5, 0.6) is 0 Å². The summed E-state index contributed by atoms with van der Waals surface area (Å²) in [4.78, 5) is 11.5. The first-order chi connectivity index (χ1) is 8.26. The Hall–Kier alpha value is -0.810. The SMILES string of the molecule is CC(CNC(=O)OC(C)(C)C)NC1CCC(N)C1. The number of hydrogen-bond donors (Lipinski definition) is 3. The van der Waals surface area contributed by atoms with Gasteiger partial charge in [-0.1, -0.05) is 0 Å². The minimum atomic E-state index is -0.445. The van der Waals surface area contributed by atoms with Crippen molar-refractivity contribution in [1.82, 2.24) is 10.6 Å². The Labute approximate surface area is 110 Å². The molecule has 0 spiro atoms. The third-order valence-electron chi connectivity index (χ3n) is 2.94. The highest BCUT2D eigenvalue weighted by molar-refractivity contribution is 5.67. The van der Waals surface area contributed by atoms with Crippen LogP contribution in [0.2, 0.25) is 0 Å². The van der Waals surface area contributed by atoms with Crippen molar-refractivity contribution in [3.8, 4) is 0 Å². The molecule has 0 heterocycles. The lowest BCUT2D eigenvalue weighted by atomic mass is 10.2. The van der Waals surface area contributed by atoms with Crippen molar-refractivity contribution in [2.45, 2.75) is 70.7 Å². The first kappa shape index (κ1) is 15.2. The van der Waals surface area contributed by atoms with Gasteiger partial charge in [0, 0.05) is 24.7 Å². The first-order valence-electron chi connectivity index (χ1n) is 6.75. The van der Waals surface area contributed by atoms with E-state index in [1.54, 1.807) is 0 Å². The molecule has 0 aromatic carbocycles. The smallest absolute Gasteiger partial charge is 0.407 e. The average Bonchev–Trinajstić information content (AvgIpc) is 2.58. The van der Waals surface area contributed by atoms with Crippen LogP contribution in [-0.4, -0.2) is 36.4 Å². The predicted octanol–water partition coefficient (Wildman–Crippen LogP) is 1.37. The normalized spacial score (nSPS) is 25.8. The summed E-state index contributed by atoms with van der Waals surface area (Å²) >= 11 is 0. The van der Waals surface area contributed by atoms with Gasteiger partial charge in [0.05, 0.1) is 0 Å². The van der Waals surface area contributed by atoms with E-state index in [9.17, 15) is 4.79 Å². The van der Waals surface area contributed by atoms with Crippen LogP contribution < -0.4 is 16.4 Å². The van der Waals surface area contributed by atoms with E-state index >= 15 is 0 Å². The molecular formula is C13H27N3O2. The zero-order chi connectivity index (χ0) is 13.8. The van der Waals surface area contributed by atoms with Crippen molar-refractivity contribution in [3.05, 3.63) is 0 Å². The summed E-state index contributed by atoms with van der Waals surface area (Å²) < 4.78 is 5.18. The van der Waals surface area contributed by atoms with Crippen LogP contribution in [0.4, 0.5) is 4.79 Å². The molecule has 0 saturated heterocycles. The highest BCUT2D eigenvalue weighted by Crippen LogP contribution is 2.17. The molecule has 18 heavy (non-hydrogen) atoms. The molecule has 0 radical (unpaired) electrons. The highest BCUT2D eigenvalue weighted by atomic mass is 16.6. The number of carbonyl (C=O) groups is 1. The second kappa shape index (κ2) is 6.38. The topological polar surface area (TPSA) is 76.4 Å². The molecular weight excluding hydrogens is 230 g/mol. The molecule has 3 unspecified atom stereocenters. The number of nitrogens with one attached hydrogen (secondary N) is 2. The number of alkyl carbamates (subject to hydrolysis) is 1. The molecule has 0 aliphatic heterocycles. The molecule has 1 aliphatic carbocycles. The number of carbonyl (C=O) groups excluding carboxylic acids is 1. The second-order valence-corrected chi connectivity index (χ2v) is 6.22. The maximum atomic E-state index is 11.5. The van der Waals surface area contributed by atoms with E-state index < -0.39 is 5.60 Å².